The summed E-state index contributed by atoms with van der Waals surface area (Å²) >= 11 is 0. The molecule has 0 aromatic carbocycles. The molecule has 2 aliphatic heterocycles. The van der Waals surface area contributed by atoms with E-state index in [1.807, 2.05) is 4.90 Å². The lowest BCUT2D eigenvalue weighted by molar-refractivity contribution is -0.136. The molecule has 1 amide bonds. The van der Waals surface area contributed by atoms with E-state index in [4.69, 9.17) is 5.26 Å². The van der Waals surface area contributed by atoms with Crippen LogP contribution in [0.2, 0.25) is 0 Å². The molecule has 94 valence electrons. The van der Waals surface area contributed by atoms with Crippen molar-refractivity contribution in [1.29, 1.82) is 5.26 Å². The van der Waals surface area contributed by atoms with Crippen molar-refractivity contribution in [2.24, 2.45) is 5.41 Å². The summed E-state index contributed by atoms with van der Waals surface area (Å²) in [5, 5.41) is 8.99. The number of hydrogen-bond donors (Lipinski definition) is 0. The topological polar surface area (TPSA) is 47.3 Å². The molecule has 0 radical (unpaired) electrons. The lowest BCUT2D eigenvalue weighted by Crippen LogP contribution is -2.41. The van der Waals surface area contributed by atoms with E-state index in [0.29, 0.717) is 6.04 Å². The second kappa shape index (κ2) is 4.66. The van der Waals surface area contributed by atoms with Gasteiger partial charge in [-0.1, -0.05) is 0 Å². The standard InChI is InChI=1S/C13H21N3O/c1-13(2,10-14)12(17)16-8-5-11(9-16)15-6-3-4-7-15/h11H,3-9H2,1-2H3. The van der Waals surface area contributed by atoms with E-state index < -0.39 is 5.41 Å². The van der Waals surface area contributed by atoms with E-state index in [-0.39, 0.29) is 5.91 Å². The predicted molar refractivity (Wildman–Crippen MR) is 65.2 cm³/mol. The van der Waals surface area contributed by atoms with Gasteiger partial charge in [-0.3, -0.25) is 9.69 Å². The highest BCUT2D eigenvalue weighted by molar-refractivity contribution is 5.84. The Morgan fingerprint density at radius 1 is 1.29 bits per heavy atom. The largest absolute Gasteiger partial charge is 0.340 e. The maximum Gasteiger partial charge on any atom is 0.242 e. The van der Waals surface area contributed by atoms with Gasteiger partial charge in [-0.05, 0) is 46.2 Å². The maximum atomic E-state index is 12.1. The molecule has 0 aliphatic carbocycles. The van der Waals surface area contributed by atoms with Crippen molar-refractivity contribution in [1.82, 2.24) is 9.80 Å². The van der Waals surface area contributed by atoms with Crippen LogP contribution in [0.15, 0.2) is 0 Å². The molecule has 0 bridgehead atoms. The van der Waals surface area contributed by atoms with Gasteiger partial charge in [0.2, 0.25) is 5.91 Å². The zero-order chi connectivity index (χ0) is 12.5. The summed E-state index contributed by atoms with van der Waals surface area (Å²) in [7, 11) is 0. The van der Waals surface area contributed by atoms with Crippen molar-refractivity contribution in [2.75, 3.05) is 26.2 Å². The van der Waals surface area contributed by atoms with Crippen LogP contribution in [-0.2, 0) is 4.79 Å². The van der Waals surface area contributed by atoms with Gasteiger partial charge in [0.25, 0.3) is 0 Å². The van der Waals surface area contributed by atoms with E-state index in [1.54, 1.807) is 13.8 Å². The Morgan fingerprint density at radius 2 is 1.94 bits per heavy atom. The van der Waals surface area contributed by atoms with Crippen LogP contribution in [0.4, 0.5) is 0 Å². The Hall–Kier alpha value is -1.08. The number of likely N-dealkylation sites (tertiary alicyclic amines) is 2. The summed E-state index contributed by atoms with van der Waals surface area (Å²) in [5.41, 5.74) is -0.875. The predicted octanol–water partition coefficient (Wildman–Crippen LogP) is 1.23. The molecule has 17 heavy (non-hydrogen) atoms. The molecular weight excluding hydrogens is 214 g/mol. The minimum absolute atomic E-state index is 0.0123. The fourth-order valence-electron chi connectivity index (χ4n) is 2.77. The van der Waals surface area contributed by atoms with Crippen LogP contribution in [0, 0.1) is 16.7 Å². The van der Waals surface area contributed by atoms with Crippen LogP contribution in [0.25, 0.3) is 0 Å². The average molecular weight is 235 g/mol. The first-order valence-electron chi connectivity index (χ1n) is 6.49. The fourth-order valence-corrected chi connectivity index (χ4v) is 2.77. The van der Waals surface area contributed by atoms with Gasteiger partial charge < -0.3 is 4.90 Å². The first-order chi connectivity index (χ1) is 8.04. The summed E-state index contributed by atoms with van der Waals surface area (Å²) in [5.74, 6) is -0.0123. The van der Waals surface area contributed by atoms with Crippen LogP contribution >= 0.6 is 0 Å². The third kappa shape index (κ3) is 2.44. The minimum atomic E-state index is -0.875. The van der Waals surface area contributed by atoms with Crippen LogP contribution in [0.1, 0.15) is 33.1 Å². The smallest absolute Gasteiger partial charge is 0.242 e. The van der Waals surface area contributed by atoms with Crippen molar-refractivity contribution in [3.63, 3.8) is 0 Å². The normalized spacial score (nSPS) is 26.2. The van der Waals surface area contributed by atoms with E-state index in [9.17, 15) is 4.79 Å². The molecule has 4 nitrogen and oxygen atoms in total. The van der Waals surface area contributed by atoms with Gasteiger partial charge in [-0.2, -0.15) is 5.26 Å². The van der Waals surface area contributed by atoms with Crippen molar-refractivity contribution in [3.8, 4) is 6.07 Å². The first-order valence-corrected chi connectivity index (χ1v) is 6.49. The number of carbonyl (C=O) groups excluding carboxylic acids is 1. The van der Waals surface area contributed by atoms with Crippen molar-refractivity contribution in [3.05, 3.63) is 0 Å². The molecule has 1 unspecified atom stereocenters. The van der Waals surface area contributed by atoms with Gasteiger partial charge in [0.15, 0.2) is 0 Å². The molecule has 0 saturated carbocycles. The number of nitriles is 1. The molecule has 0 spiro atoms. The SMILES string of the molecule is CC(C)(C#N)C(=O)N1CCC(N2CCCC2)C1. The van der Waals surface area contributed by atoms with Gasteiger partial charge in [0, 0.05) is 19.1 Å². The Balaban J connectivity index is 1.94. The van der Waals surface area contributed by atoms with Gasteiger partial charge in [0.05, 0.1) is 6.07 Å². The fraction of sp³-hybridized carbons (Fsp3) is 0.846. The molecule has 0 aromatic heterocycles. The van der Waals surface area contributed by atoms with Crippen molar-refractivity contribution < 1.29 is 4.79 Å². The minimum Gasteiger partial charge on any atom is -0.340 e. The Labute approximate surface area is 103 Å². The van der Waals surface area contributed by atoms with Gasteiger partial charge in [-0.25, -0.2) is 0 Å². The zero-order valence-electron chi connectivity index (χ0n) is 10.8. The molecule has 2 heterocycles. The molecule has 2 rings (SSSR count). The van der Waals surface area contributed by atoms with Gasteiger partial charge in [-0.15, -0.1) is 0 Å². The summed E-state index contributed by atoms with van der Waals surface area (Å²) in [6, 6.07) is 2.62. The molecule has 0 aromatic rings. The van der Waals surface area contributed by atoms with Crippen LogP contribution < -0.4 is 0 Å². The van der Waals surface area contributed by atoms with E-state index in [0.717, 1.165) is 19.5 Å². The Kier molecular flexibility index (Phi) is 3.39. The number of nitrogens with zero attached hydrogens (tertiary/aromatic N) is 3. The summed E-state index contributed by atoms with van der Waals surface area (Å²) in [4.78, 5) is 16.5. The van der Waals surface area contributed by atoms with Crippen molar-refractivity contribution >= 4 is 5.91 Å². The first kappa shape index (κ1) is 12.4. The molecule has 2 saturated heterocycles. The third-order valence-corrected chi connectivity index (χ3v) is 3.92. The third-order valence-electron chi connectivity index (χ3n) is 3.92. The number of hydrogen-bond acceptors (Lipinski definition) is 3. The highest BCUT2D eigenvalue weighted by Gasteiger charge is 2.37. The number of amides is 1. The highest BCUT2D eigenvalue weighted by atomic mass is 16.2. The van der Waals surface area contributed by atoms with Crippen LogP contribution in [-0.4, -0.2) is 47.9 Å². The van der Waals surface area contributed by atoms with Gasteiger partial charge >= 0.3 is 0 Å². The molecule has 2 fully saturated rings. The van der Waals surface area contributed by atoms with Crippen molar-refractivity contribution in [2.45, 2.75) is 39.2 Å². The molecule has 1 atom stereocenters. The Morgan fingerprint density at radius 3 is 2.53 bits per heavy atom. The molecule has 2 aliphatic rings. The monoisotopic (exact) mass is 235 g/mol. The maximum absolute atomic E-state index is 12.1. The second-order valence-electron chi connectivity index (χ2n) is 5.67. The van der Waals surface area contributed by atoms with Crippen LogP contribution in [0.3, 0.4) is 0 Å². The second-order valence-corrected chi connectivity index (χ2v) is 5.67. The summed E-state index contributed by atoms with van der Waals surface area (Å²) in [6.07, 6.45) is 3.63. The lowest BCUT2D eigenvalue weighted by atomic mass is 9.94. The van der Waals surface area contributed by atoms with Gasteiger partial charge in [0.1, 0.15) is 5.41 Å². The van der Waals surface area contributed by atoms with E-state index in [1.165, 1.54) is 25.9 Å². The summed E-state index contributed by atoms with van der Waals surface area (Å²) < 4.78 is 0. The highest BCUT2D eigenvalue weighted by Crippen LogP contribution is 2.25. The molecule has 0 N–H and O–H groups in total. The van der Waals surface area contributed by atoms with Crippen LogP contribution in [0.5, 0.6) is 0 Å². The Bertz CT molecular complexity index is 339. The molecular formula is C13H21N3O. The summed E-state index contributed by atoms with van der Waals surface area (Å²) in [6.45, 7) is 7.38. The van der Waals surface area contributed by atoms with E-state index in [2.05, 4.69) is 11.0 Å². The molecule has 4 heteroatoms. The zero-order valence-corrected chi connectivity index (χ0v) is 10.8. The average Bonchev–Trinajstić information content (AvgIpc) is 2.98. The lowest BCUT2D eigenvalue weighted by Gasteiger charge is -2.26. The van der Waals surface area contributed by atoms with E-state index >= 15 is 0 Å². The quantitative estimate of drug-likeness (QED) is 0.723. The number of rotatable bonds is 2. The number of carbonyl (C=O) groups is 1.